The molecule has 1 aromatic carbocycles. The summed E-state index contributed by atoms with van der Waals surface area (Å²) in [5.74, 6) is -0.712. The number of Topliss-reactive ketones (excluding diaryl/α,β-unsaturated/α-hetero) is 1. The molecule has 0 fully saturated rings. The molecule has 0 aliphatic rings. The van der Waals surface area contributed by atoms with Gasteiger partial charge in [0.2, 0.25) is 5.96 Å². The molecule has 126 valence electrons. The van der Waals surface area contributed by atoms with Crippen LogP contribution in [0.5, 0.6) is 0 Å². The molecule has 10 heteroatoms. The van der Waals surface area contributed by atoms with Gasteiger partial charge < -0.3 is 5.73 Å². The molecular weight excluding hydrogens is 360 g/mol. The normalized spacial score (nSPS) is 13.1. The van der Waals surface area contributed by atoms with Crippen LogP contribution in [0.4, 0.5) is 0 Å². The summed E-state index contributed by atoms with van der Waals surface area (Å²) in [5, 5.41) is 4.11. The highest BCUT2D eigenvalue weighted by Gasteiger charge is 2.20. The first kappa shape index (κ1) is 19.5. The SMILES string of the molecule is CSc1cc(Cl)c(C)cc1S(=O)(=O)/N=C(\N)N/N=C(\C)C(C)=O. The average Bonchev–Trinajstić information content (AvgIpc) is 2.46. The van der Waals surface area contributed by atoms with Gasteiger partial charge in [-0.1, -0.05) is 11.6 Å². The molecule has 3 N–H and O–H groups in total. The number of ketones is 1. The highest BCUT2D eigenvalue weighted by atomic mass is 35.5. The molecule has 0 bridgehead atoms. The number of carbonyl (C=O) groups excluding carboxylic acids is 1. The van der Waals surface area contributed by atoms with E-state index in [4.69, 9.17) is 17.3 Å². The molecule has 0 spiro atoms. The van der Waals surface area contributed by atoms with Crippen LogP contribution in [0.3, 0.4) is 0 Å². The van der Waals surface area contributed by atoms with Crippen molar-refractivity contribution in [2.45, 2.75) is 30.6 Å². The number of halogens is 1. The fraction of sp³-hybridized carbons (Fsp3) is 0.308. The Hall–Kier alpha value is -1.58. The van der Waals surface area contributed by atoms with Gasteiger partial charge in [0, 0.05) is 16.8 Å². The molecule has 1 rings (SSSR count). The number of benzene rings is 1. The Morgan fingerprint density at radius 3 is 2.48 bits per heavy atom. The lowest BCUT2D eigenvalue weighted by Crippen LogP contribution is -2.30. The van der Waals surface area contributed by atoms with Crippen LogP contribution in [-0.2, 0) is 14.8 Å². The number of carbonyl (C=O) groups is 1. The van der Waals surface area contributed by atoms with E-state index in [0.717, 1.165) is 0 Å². The van der Waals surface area contributed by atoms with Gasteiger partial charge in [0.15, 0.2) is 5.78 Å². The average molecular weight is 377 g/mol. The van der Waals surface area contributed by atoms with Gasteiger partial charge in [-0.2, -0.15) is 13.5 Å². The van der Waals surface area contributed by atoms with E-state index >= 15 is 0 Å². The van der Waals surface area contributed by atoms with Crippen LogP contribution in [0.1, 0.15) is 19.4 Å². The summed E-state index contributed by atoms with van der Waals surface area (Å²) >= 11 is 7.23. The standard InChI is InChI=1S/C13H17ClN4O3S2/c1-7-5-12(11(22-4)6-10(7)14)23(20,21)18-13(15)17-16-8(2)9(3)19/h5-6H,1-4H3,(H3,15,17,18)/b16-8+. The van der Waals surface area contributed by atoms with Crippen molar-refractivity contribution >= 4 is 50.8 Å². The number of hydrazone groups is 1. The van der Waals surface area contributed by atoms with Crippen LogP contribution >= 0.6 is 23.4 Å². The Morgan fingerprint density at radius 2 is 1.96 bits per heavy atom. The number of guanidine groups is 1. The maximum Gasteiger partial charge on any atom is 0.286 e. The van der Waals surface area contributed by atoms with Gasteiger partial charge in [-0.3, -0.25) is 4.79 Å². The summed E-state index contributed by atoms with van der Waals surface area (Å²) in [6, 6.07) is 3.00. The molecule has 0 heterocycles. The van der Waals surface area contributed by atoms with E-state index in [1.165, 1.54) is 31.7 Å². The fourth-order valence-corrected chi connectivity index (χ4v) is 3.74. The topological polar surface area (TPSA) is 114 Å². The van der Waals surface area contributed by atoms with Gasteiger partial charge in [-0.15, -0.1) is 16.2 Å². The van der Waals surface area contributed by atoms with E-state index in [0.29, 0.717) is 15.5 Å². The maximum atomic E-state index is 12.4. The molecule has 0 amide bonds. The fourth-order valence-electron chi connectivity index (χ4n) is 1.42. The van der Waals surface area contributed by atoms with E-state index in [2.05, 4.69) is 14.9 Å². The van der Waals surface area contributed by atoms with Gasteiger partial charge in [0.05, 0.1) is 0 Å². The number of rotatable bonds is 5. The Bertz CT molecular complexity index is 789. The van der Waals surface area contributed by atoms with Crippen LogP contribution in [-0.4, -0.2) is 32.1 Å². The predicted molar refractivity (Wildman–Crippen MR) is 93.7 cm³/mol. The monoisotopic (exact) mass is 376 g/mol. The van der Waals surface area contributed by atoms with Gasteiger partial charge in [0.1, 0.15) is 10.6 Å². The van der Waals surface area contributed by atoms with Gasteiger partial charge in [-0.25, -0.2) is 5.43 Å². The third kappa shape index (κ3) is 5.22. The number of thioether (sulfide) groups is 1. The molecule has 0 unspecified atom stereocenters. The zero-order chi connectivity index (χ0) is 17.8. The van der Waals surface area contributed by atoms with Crippen molar-refractivity contribution in [2.75, 3.05) is 6.26 Å². The number of nitrogens with two attached hydrogens (primary N) is 1. The van der Waals surface area contributed by atoms with Crippen LogP contribution in [0.15, 0.2) is 31.4 Å². The molecule has 0 aliphatic heterocycles. The Morgan fingerprint density at radius 1 is 1.35 bits per heavy atom. The molecule has 0 radical (unpaired) electrons. The summed E-state index contributed by atoms with van der Waals surface area (Å²) in [7, 11) is -4.04. The Balaban J connectivity index is 3.22. The number of sulfonamides is 1. The Labute approximate surface area is 144 Å². The van der Waals surface area contributed by atoms with E-state index in [9.17, 15) is 13.2 Å². The van der Waals surface area contributed by atoms with E-state index in [-0.39, 0.29) is 16.4 Å². The summed E-state index contributed by atoms with van der Waals surface area (Å²) in [6.45, 7) is 4.48. The first-order valence-corrected chi connectivity index (χ1v) is 9.38. The lowest BCUT2D eigenvalue weighted by atomic mass is 10.2. The summed E-state index contributed by atoms with van der Waals surface area (Å²) in [4.78, 5) is 11.5. The van der Waals surface area contributed by atoms with Crippen LogP contribution in [0.25, 0.3) is 0 Å². The van der Waals surface area contributed by atoms with Gasteiger partial charge in [-0.05, 0) is 37.8 Å². The highest BCUT2D eigenvalue weighted by Crippen LogP contribution is 2.31. The number of aryl methyl sites for hydroxylation is 1. The third-order valence-corrected chi connectivity index (χ3v) is 5.43. The molecule has 7 nitrogen and oxygen atoms in total. The van der Waals surface area contributed by atoms with E-state index < -0.39 is 16.0 Å². The predicted octanol–water partition coefficient (Wildman–Crippen LogP) is 1.93. The van der Waals surface area contributed by atoms with Crippen LogP contribution in [0, 0.1) is 6.92 Å². The highest BCUT2D eigenvalue weighted by molar-refractivity contribution is 7.99. The zero-order valence-electron chi connectivity index (χ0n) is 13.0. The molecule has 23 heavy (non-hydrogen) atoms. The molecule has 0 aliphatic carbocycles. The molecule has 0 aromatic heterocycles. The van der Waals surface area contributed by atoms with Crippen molar-refractivity contribution < 1.29 is 13.2 Å². The number of nitrogens with one attached hydrogen (secondary N) is 1. The second kappa shape index (κ2) is 7.80. The molecular formula is C13H17ClN4O3S2. The summed E-state index contributed by atoms with van der Waals surface area (Å²) in [5.41, 5.74) is 8.50. The summed E-state index contributed by atoms with van der Waals surface area (Å²) in [6.07, 6.45) is 1.73. The van der Waals surface area contributed by atoms with Crippen molar-refractivity contribution in [3.63, 3.8) is 0 Å². The molecule has 0 atom stereocenters. The van der Waals surface area contributed by atoms with Gasteiger partial charge in [0.25, 0.3) is 10.0 Å². The number of nitrogens with zero attached hydrogens (tertiary/aromatic N) is 2. The largest absolute Gasteiger partial charge is 0.368 e. The van der Waals surface area contributed by atoms with E-state index in [1.54, 1.807) is 19.2 Å². The minimum atomic E-state index is -4.04. The first-order chi connectivity index (χ1) is 10.6. The number of hydrogen-bond donors (Lipinski definition) is 2. The van der Waals surface area contributed by atoms with Crippen LogP contribution in [0.2, 0.25) is 5.02 Å². The molecule has 0 saturated carbocycles. The second-order valence-electron chi connectivity index (χ2n) is 4.57. The first-order valence-electron chi connectivity index (χ1n) is 6.34. The Kier molecular flexibility index (Phi) is 6.60. The molecule has 1 aromatic rings. The minimum Gasteiger partial charge on any atom is -0.368 e. The zero-order valence-corrected chi connectivity index (χ0v) is 15.4. The van der Waals surface area contributed by atoms with Crippen LogP contribution < -0.4 is 11.2 Å². The smallest absolute Gasteiger partial charge is 0.286 e. The third-order valence-electron chi connectivity index (χ3n) is 2.79. The van der Waals surface area contributed by atoms with Crippen molar-refractivity contribution in [3.8, 4) is 0 Å². The minimum absolute atomic E-state index is 0.00363. The number of hydrogen-bond acceptors (Lipinski definition) is 5. The summed E-state index contributed by atoms with van der Waals surface area (Å²) < 4.78 is 28.2. The lowest BCUT2D eigenvalue weighted by molar-refractivity contribution is -0.111. The van der Waals surface area contributed by atoms with E-state index in [1.807, 2.05) is 0 Å². The van der Waals surface area contributed by atoms with Gasteiger partial charge >= 0.3 is 0 Å². The quantitative estimate of drug-likeness (QED) is 0.351. The molecule has 0 saturated heterocycles. The van der Waals surface area contributed by atoms with Crippen molar-refractivity contribution in [1.82, 2.24) is 5.43 Å². The van der Waals surface area contributed by atoms with Crippen molar-refractivity contribution in [3.05, 3.63) is 22.7 Å². The second-order valence-corrected chi connectivity index (χ2v) is 7.40. The van der Waals surface area contributed by atoms with Crippen molar-refractivity contribution in [2.24, 2.45) is 15.2 Å². The lowest BCUT2D eigenvalue weighted by Gasteiger charge is -2.09. The van der Waals surface area contributed by atoms with Crippen molar-refractivity contribution in [1.29, 1.82) is 0 Å². The maximum absolute atomic E-state index is 12.4.